The number of nitrogen functional groups attached to an aromatic ring is 1. The van der Waals surface area contributed by atoms with Gasteiger partial charge in [-0.1, -0.05) is 0 Å². The lowest BCUT2D eigenvalue weighted by atomic mass is 10.1. The van der Waals surface area contributed by atoms with Crippen LogP contribution in [0.25, 0.3) is 0 Å². The van der Waals surface area contributed by atoms with Gasteiger partial charge in [0.25, 0.3) is 6.43 Å². The lowest BCUT2D eigenvalue weighted by Gasteiger charge is -2.33. The molecule has 0 amide bonds. The zero-order valence-electron chi connectivity index (χ0n) is 10.4. The molecule has 4 nitrogen and oxygen atoms in total. The number of alkyl halides is 2. The molecule has 0 saturated carbocycles. The lowest BCUT2D eigenvalue weighted by Crippen LogP contribution is -2.47. The molecule has 0 bridgehead atoms. The van der Waals surface area contributed by atoms with E-state index < -0.39 is 6.43 Å². The molecule has 1 heterocycles. The van der Waals surface area contributed by atoms with E-state index in [1.54, 1.807) is 12.1 Å². The molecule has 0 unspecified atom stereocenters. The highest BCUT2D eigenvalue weighted by atomic mass is 19.3. The molecule has 0 radical (unpaired) electrons. The summed E-state index contributed by atoms with van der Waals surface area (Å²) in [7, 11) is 2.05. The standard InChI is InChI=1S/C12H18F2N4/c1-17-4-6-18(7-5-17)16-11-3-2-9(15)8-10(11)12(13)14/h2-3,8,12,16H,4-7,15H2,1H3. The molecule has 100 valence electrons. The highest BCUT2D eigenvalue weighted by molar-refractivity contribution is 5.58. The van der Waals surface area contributed by atoms with Gasteiger partial charge < -0.3 is 16.1 Å². The maximum absolute atomic E-state index is 12.9. The van der Waals surface area contributed by atoms with E-state index in [4.69, 9.17) is 5.73 Å². The van der Waals surface area contributed by atoms with E-state index in [0.717, 1.165) is 26.2 Å². The number of likely N-dealkylation sites (N-methyl/N-ethyl adjacent to an activating group) is 1. The predicted molar refractivity (Wildman–Crippen MR) is 68.5 cm³/mol. The molecule has 1 aliphatic heterocycles. The molecule has 1 aromatic carbocycles. The minimum atomic E-state index is -2.52. The molecule has 1 saturated heterocycles. The van der Waals surface area contributed by atoms with Gasteiger partial charge >= 0.3 is 0 Å². The van der Waals surface area contributed by atoms with Crippen LogP contribution in [0.1, 0.15) is 12.0 Å². The first-order valence-corrected chi connectivity index (χ1v) is 5.94. The van der Waals surface area contributed by atoms with Gasteiger partial charge in [0.2, 0.25) is 0 Å². The van der Waals surface area contributed by atoms with Gasteiger partial charge in [-0.15, -0.1) is 0 Å². The fourth-order valence-electron chi connectivity index (χ4n) is 1.95. The molecular formula is C12H18F2N4. The number of anilines is 2. The molecule has 0 aromatic heterocycles. The molecule has 18 heavy (non-hydrogen) atoms. The van der Waals surface area contributed by atoms with Crippen molar-refractivity contribution in [2.24, 2.45) is 0 Å². The molecule has 1 aliphatic rings. The van der Waals surface area contributed by atoms with E-state index in [9.17, 15) is 8.78 Å². The van der Waals surface area contributed by atoms with Gasteiger partial charge in [-0.25, -0.2) is 13.8 Å². The molecule has 1 aromatic rings. The van der Waals surface area contributed by atoms with Crippen molar-refractivity contribution in [2.75, 3.05) is 44.4 Å². The minimum absolute atomic E-state index is 0.0473. The predicted octanol–water partition coefficient (Wildman–Crippen LogP) is 1.78. The molecule has 2 rings (SSSR count). The largest absolute Gasteiger partial charge is 0.399 e. The molecule has 0 atom stereocenters. The van der Waals surface area contributed by atoms with Crippen LogP contribution in [0, 0.1) is 0 Å². The van der Waals surface area contributed by atoms with Crippen LogP contribution in [0.4, 0.5) is 20.2 Å². The van der Waals surface area contributed by atoms with Crippen molar-refractivity contribution in [2.45, 2.75) is 6.43 Å². The minimum Gasteiger partial charge on any atom is -0.399 e. The summed E-state index contributed by atoms with van der Waals surface area (Å²) < 4.78 is 25.8. The van der Waals surface area contributed by atoms with E-state index in [1.807, 2.05) is 12.1 Å². The monoisotopic (exact) mass is 256 g/mol. The number of hydrogen-bond donors (Lipinski definition) is 2. The first-order chi connectivity index (χ1) is 8.56. The Labute approximate surface area is 105 Å². The highest BCUT2D eigenvalue weighted by Crippen LogP contribution is 2.29. The highest BCUT2D eigenvalue weighted by Gasteiger charge is 2.18. The van der Waals surface area contributed by atoms with Crippen molar-refractivity contribution in [3.8, 4) is 0 Å². The Morgan fingerprint density at radius 3 is 2.50 bits per heavy atom. The molecule has 6 heteroatoms. The van der Waals surface area contributed by atoms with Crippen molar-refractivity contribution in [3.05, 3.63) is 23.8 Å². The van der Waals surface area contributed by atoms with Gasteiger partial charge in [0, 0.05) is 37.4 Å². The van der Waals surface area contributed by atoms with E-state index in [-0.39, 0.29) is 5.56 Å². The Bertz CT molecular complexity index is 403. The summed E-state index contributed by atoms with van der Waals surface area (Å²) in [5.41, 5.74) is 9.33. The average Bonchev–Trinajstić information content (AvgIpc) is 2.34. The van der Waals surface area contributed by atoms with Crippen molar-refractivity contribution in [1.29, 1.82) is 0 Å². The Balaban J connectivity index is 2.09. The van der Waals surface area contributed by atoms with Crippen molar-refractivity contribution in [1.82, 2.24) is 9.91 Å². The van der Waals surface area contributed by atoms with Crippen LogP contribution in [-0.4, -0.2) is 43.1 Å². The number of nitrogens with one attached hydrogen (secondary N) is 1. The zero-order valence-corrected chi connectivity index (χ0v) is 10.4. The van der Waals surface area contributed by atoms with Crippen LogP contribution in [0.2, 0.25) is 0 Å². The molecular weight excluding hydrogens is 238 g/mol. The number of nitrogens with zero attached hydrogens (tertiary/aromatic N) is 2. The summed E-state index contributed by atoms with van der Waals surface area (Å²) in [4.78, 5) is 2.20. The molecule has 0 spiro atoms. The van der Waals surface area contributed by atoms with Crippen LogP contribution in [0.3, 0.4) is 0 Å². The summed E-state index contributed by atoms with van der Waals surface area (Å²) in [6, 6.07) is 4.56. The van der Waals surface area contributed by atoms with Crippen LogP contribution < -0.4 is 11.2 Å². The second-order valence-electron chi connectivity index (χ2n) is 4.55. The summed E-state index contributed by atoms with van der Waals surface area (Å²) in [5.74, 6) is 0. The van der Waals surface area contributed by atoms with Crippen molar-refractivity contribution >= 4 is 11.4 Å². The normalized spacial score (nSPS) is 18.2. The van der Waals surface area contributed by atoms with Gasteiger partial charge in [0.05, 0.1) is 5.69 Å². The van der Waals surface area contributed by atoms with Gasteiger partial charge in [0.1, 0.15) is 0 Å². The van der Waals surface area contributed by atoms with Gasteiger partial charge in [0.15, 0.2) is 0 Å². The van der Waals surface area contributed by atoms with E-state index >= 15 is 0 Å². The summed E-state index contributed by atoms with van der Waals surface area (Å²) in [5, 5.41) is 1.96. The summed E-state index contributed by atoms with van der Waals surface area (Å²) in [6.07, 6.45) is -2.52. The Hall–Kier alpha value is -1.40. The van der Waals surface area contributed by atoms with E-state index in [0.29, 0.717) is 11.4 Å². The fraction of sp³-hybridized carbons (Fsp3) is 0.500. The second kappa shape index (κ2) is 5.49. The number of rotatable bonds is 3. The number of piperazine rings is 1. The number of hydrazine groups is 1. The van der Waals surface area contributed by atoms with Crippen LogP contribution in [-0.2, 0) is 0 Å². The maximum Gasteiger partial charge on any atom is 0.265 e. The number of halogens is 2. The SMILES string of the molecule is CN1CCN(Nc2ccc(N)cc2C(F)F)CC1. The van der Waals surface area contributed by atoms with Crippen LogP contribution >= 0.6 is 0 Å². The Morgan fingerprint density at radius 2 is 1.89 bits per heavy atom. The second-order valence-corrected chi connectivity index (χ2v) is 4.55. The average molecular weight is 256 g/mol. The number of hydrogen-bond acceptors (Lipinski definition) is 4. The first-order valence-electron chi connectivity index (χ1n) is 5.94. The zero-order chi connectivity index (χ0) is 13.1. The van der Waals surface area contributed by atoms with Gasteiger partial charge in [-0.3, -0.25) is 0 Å². The molecule has 1 fully saturated rings. The third-order valence-corrected chi connectivity index (χ3v) is 3.09. The fourth-order valence-corrected chi connectivity index (χ4v) is 1.95. The Morgan fingerprint density at radius 1 is 1.22 bits per heavy atom. The lowest BCUT2D eigenvalue weighted by molar-refractivity contribution is 0.150. The van der Waals surface area contributed by atoms with Crippen LogP contribution in [0.15, 0.2) is 18.2 Å². The maximum atomic E-state index is 12.9. The van der Waals surface area contributed by atoms with Gasteiger partial charge in [-0.2, -0.15) is 0 Å². The number of nitrogens with two attached hydrogens (primary N) is 1. The third kappa shape index (κ3) is 3.08. The number of benzene rings is 1. The molecule has 0 aliphatic carbocycles. The van der Waals surface area contributed by atoms with Crippen molar-refractivity contribution in [3.63, 3.8) is 0 Å². The first kappa shape index (κ1) is 13.0. The smallest absolute Gasteiger partial charge is 0.265 e. The van der Waals surface area contributed by atoms with E-state index in [1.165, 1.54) is 6.07 Å². The molecule has 3 N–H and O–H groups in total. The van der Waals surface area contributed by atoms with Gasteiger partial charge in [-0.05, 0) is 25.2 Å². The third-order valence-electron chi connectivity index (χ3n) is 3.09. The summed E-state index contributed by atoms with van der Waals surface area (Å²) in [6.45, 7) is 3.46. The van der Waals surface area contributed by atoms with Crippen LogP contribution in [0.5, 0.6) is 0 Å². The van der Waals surface area contributed by atoms with E-state index in [2.05, 4.69) is 10.3 Å². The quantitative estimate of drug-likeness (QED) is 0.809. The Kier molecular flexibility index (Phi) is 3.98. The van der Waals surface area contributed by atoms with Crippen molar-refractivity contribution < 1.29 is 8.78 Å². The topological polar surface area (TPSA) is 44.5 Å². The summed E-state index contributed by atoms with van der Waals surface area (Å²) >= 11 is 0.